The average molecular weight is 955 g/mol. The molecule has 6 aromatic rings. The summed E-state index contributed by atoms with van der Waals surface area (Å²) in [4.78, 5) is 19.9. The highest BCUT2D eigenvalue weighted by Gasteiger charge is 2.55. The third kappa shape index (κ3) is 10.4. The lowest BCUT2D eigenvalue weighted by Gasteiger charge is -2.40. The van der Waals surface area contributed by atoms with Gasteiger partial charge in [-0.3, -0.25) is 10.5 Å². The smallest absolute Gasteiger partial charge is 0.412 e. The van der Waals surface area contributed by atoms with Crippen molar-refractivity contribution in [3.63, 3.8) is 0 Å². The second-order valence-electron chi connectivity index (χ2n) is 16.9. The van der Waals surface area contributed by atoms with Crippen molar-refractivity contribution < 1.29 is 40.6 Å². The maximum atomic E-state index is 16.1. The molecule has 19 nitrogen and oxygen atoms in total. The van der Waals surface area contributed by atoms with Crippen LogP contribution >= 0.6 is 0 Å². The van der Waals surface area contributed by atoms with Crippen molar-refractivity contribution in [2.24, 2.45) is 11.1 Å². The summed E-state index contributed by atoms with van der Waals surface area (Å²) in [6.45, 7) is 4.92. The Morgan fingerprint density at radius 1 is 0.761 bits per heavy atom. The molecule has 4 aromatic carbocycles. The van der Waals surface area contributed by atoms with E-state index in [0.717, 1.165) is 5.56 Å². The van der Waals surface area contributed by atoms with Crippen LogP contribution in [0.1, 0.15) is 50.3 Å². The second-order valence-corrected chi connectivity index (χ2v) is 20.6. The van der Waals surface area contributed by atoms with E-state index < -0.39 is 47.2 Å². The van der Waals surface area contributed by atoms with Gasteiger partial charge in [0.05, 0.1) is 39.1 Å². The van der Waals surface area contributed by atoms with E-state index in [4.69, 9.17) is 35.5 Å². The van der Waals surface area contributed by atoms with Crippen molar-refractivity contribution in [3.8, 4) is 39.8 Å². The third-order valence-corrected chi connectivity index (χ3v) is 15.2. The Morgan fingerprint density at radius 2 is 1.30 bits per heavy atom. The average Bonchev–Trinajstić information content (AvgIpc) is 4.03. The van der Waals surface area contributed by atoms with Gasteiger partial charge >= 0.3 is 6.09 Å². The van der Waals surface area contributed by atoms with Crippen molar-refractivity contribution in [2.45, 2.75) is 63.2 Å². The van der Waals surface area contributed by atoms with Crippen LogP contribution < -0.4 is 30.4 Å². The Morgan fingerprint density at radius 3 is 1.79 bits per heavy atom. The molecule has 1 saturated heterocycles. The molecule has 1 atom stereocenters. The van der Waals surface area contributed by atoms with Gasteiger partial charge < -0.3 is 29.6 Å². The van der Waals surface area contributed by atoms with E-state index in [0.29, 0.717) is 59.9 Å². The first kappa shape index (κ1) is 48.1. The summed E-state index contributed by atoms with van der Waals surface area (Å²) in [5, 5.41) is 10.7. The van der Waals surface area contributed by atoms with Crippen molar-refractivity contribution >= 4 is 37.6 Å². The van der Waals surface area contributed by atoms with Gasteiger partial charge in [0.25, 0.3) is 15.1 Å². The molecule has 21 heteroatoms. The number of rotatable bonds is 17. The van der Waals surface area contributed by atoms with Gasteiger partial charge in [-0.1, -0.05) is 63.2 Å². The number of ether oxygens (including phenoxy) is 4. The molecule has 1 aliphatic rings. The molecule has 3 heterocycles. The molecule has 1 fully saturated rings. The fourth-order valence-electron chi connectivity index (χ4n) is 7.41. The number of nitrogens with two attached hydrogens (primary N) is 2. The van der Waals surface area contributed by atoms with Crippen LogP contribution in [-0.4, -0.2) is 96.8 Å². The van der Waals surface area contributed by atoms with Crippen molar-refractivity contribution in [2.75, 3.05) is 44.9 Å². The highest BCUT2D eigenvalue weighted by atomic mass is 32.2. The number of pyridine rings is 1. The highest BCUT2D eigenvalue weighted by molar-refractivity contribution is 7.94. The largest absolute Gasteiger partial charge is 0.497 e. The van der Waals surface area contributed by atoms with E-state index in [1.165, 1.54) is 67.3 Å². The van der Waals surface area contributed by atoms with Gasteiger partial charge in [-0.2, -0.15) is 9.10 Å². The van der Waals surface area contributed by atoms with Crippen LogP contribution in [-0.2, 0) is 44.4 Å². The molecular formula is C46H54N10O9S2. The molecule has 1 aliphatic heterocycles. The van der Waals surface area contributed by atoms with E-state index in [2.05, 4.69) is 20.0 Å². The maximum absolute atomic E-state index is 16.1. The van der Waals surface area contributed by atoms with E-state index in [9.17, 15) is 4.79 Å². The van der Waals surface area contributed by atoms with E-state index in [1.807, 2.05) is 12.1 Å². The van der Waals surface area contributed by atoms with Gasteiger partial charge in [0.1, 0.15) is 28.0 Å². The number of nitrogens with one attached hydrogen (secondary N) is 1. The van der Waals surface area contributed by atoms with Gasteiger partial charge in [0.15, 0.2) is 0 Å². The van der Waals surface area contributed by atoms with Crippen molar-refractivity contribution in [1.29, 1.82) is 0 Å². The third-order valence-electron chi connectivity index (χ3n) is 11.3. The fraction of sp³-hybridized carbons (Fsp3) is 0.326. The predicted octanol–water partition coefficient (Wildman–Crippen LogP) is 6.08. The summed E-state index contributed by atoms with van der Waals surface area (Å²) >= 11 is 0. The van der Waals surface area contributed by atoms with Gasteiger partial charge in [0.2, 0.25) is 15.8 Å². The zero-order valence-electron chi connectivity index (χ0n) is 38.0. The SMILES string of the molecule is COc1ccc(CN(Cc2ccc(OC)cc2)S(=O)(=O)c2c(NS(=O)(=O)[C@](N)(OC(=O)N3CCCC3)C(C)(C)C)ccc(-c3ccc(N)nc3)c2-c2nnn(Cc3ccc(OC)cc3)n2)cc1. The normalized spacial score (nSPS) is 14.1. The van der Waals surface area contributed by atoms with Gasteiger partial charge in [-0.05, 0) is 94.9 Å². The molecule has 354 valence electrons. The molecule has 0 bridgehead atoms. The van der Waals surface area contributed by atoms with E-state index in [-0.39, 0.29) is 42.4 Å². The van der Waals surface area contributed by atoms with Crippen LogP contribution in [0.5, 0.6) is 17.2 Å². The number of tetrazole rings is 1. The van der Waals surface area contributed by atoms with Crippen LogP contribution in [0.2, 0.25) is 0 Å². The van der Waals surface area contributed by atoms with Crippen LogP contribution in [0, 0.1) is 5.41 Å². The number of methoxy groups -OCH3 is 3. The van der Waals surface area contributed by atoms with Crippen molar-refractivity contribution in [1.82, 2.24) is 34.4 Å². The summed E-state index contributed by atoms with van der Waals surface area (Å²) < 4.78 is 87.7. The quantitative estimate of drug-likeness (QED) is 0.0877. The number of hydrogen-bond acceptors (Lipinski definition) is 15. The molecule has 2 aromatic heterocycles. The van der Waals surface area contributed by atoms with Crippen LogP contribution in [0.15, 0.2) is 108 Å². The number of hydrogen-bond donors (Lipinski definition) is 3. The molecule has 1 amide bonds. The Hall–Kier alpha value is -6.81. The number of anilines is 2. The lowest BCUT2D eigenvalue weighted by atomic mass is 9.94. The van der Waals surface area contributed by atoms with Crippen LogP contribution in [0.3, 0.4) is 0 Å². The topological polar surface area (TPSA) is 249 Å². The molecule has 5 N–H and O–H groups in total. The number of carbonyl (C=O) groups is 1. The highest BCUT2D eigenvalue weighted by Crippen LogP contribution is 2.44. The lowest BCUT2D eigenvalue weighted by molar-refractivity contribution is -0.0143. The Labute approximate surface area is 390 Å². The number of benzene rings is 4. The molecule has 67 heavy (non-hydrogen) atoms. The molecule has 0 aliphatic carbocycles. The molecule has 0 spiro atoms. The van der Waals surface area contributed by atoms with Gasteiger partial charge in [0, 0.05) is 43.4 Å². The summed E-state index contributed by atoms with van der Waals surface area (Å²) in [6.07, 6.45) is 1.93. The minimum atomic E-state index is -5.08. The lowest BCUT2D eigenvalue weighted by Crippen LogP contribution is -2.63. The number of carbonyl (C=O) groups excluding carboxylic acids is 1. The summed E-state index contributed by atoms with van der Waals surface area (Å²) in [5.41, 5.74) is 13.3. The minimum Gasteiger partial charge on any atom is -0.497 e. The Bertz CT molecular complexity index is 2860. The second kappa shape index (κ2) is 19.6. The monoisotopic (exact) mass is 954 g/mol. The van der Waals surface area contributed by atoms with E-state index >= 15 is 16.8 Å². The van der Waals surface area contributed by atoms with Gasteiger partial charge in [-0.25, -0.2) is 26.6 Å². The fourth-order valence-corrected chi connectivity index (χ4v) is 10.8. The Balaban J connectivity index is 1.47. The first-order valence-electron chi connectivity index (χ1n) is 21.2. The zero-order valence-corrected chi connectivity index (χ0v) is 39.7. The number of nitrogens with zero attached hydrogens (tertiary/aromatic N) is 7. The first-order chi connectivity index (χ1) is 31.8. The van der Waals surface area contributed by atoms with Crippen LogP contribution in [0.25, 0.3) is 22.5 Å². The standard InChI is InChI=1S/C46H54N10O9S2/c1-45(2,3)46(48,65-44(57)54-25-7-8-26-54)67(60,61)52-39-23-22-38(34-15-24-40(47)49-27-34)41(43-50-53-56(51-43)30-33-13-20-37(64-6)21-14-33)42(39)66(58,59)55(28-31-9-16-35(62-4)17-10-31)29-32-11-18-36(63-5)19-12-32/h9-24,27,52H,7-8,25-26,28-30,48H2,1-6H3,(H2,47,49)/t46-/m1/s1. The molecule has 0 saturated carbocycles. The molecule has 0 radical (unpaired) electrons. The number of nitrogen functional groups attached to an aromatic ring is 1. The van der Waals surface area contributed by atoms with E-state index in [1.54, 1.807) is 79.9 Å². The van der Waals surface area contributed by atoms with Crippen LogP contribution in [0.4, 0.5) is 16.3 Å². The number of likely N-dealkylation sites (tertiary alicyclic amines) is 1. The number of amides is 1. The van der Waals surface area contributed by atoms with Gasteiger partial charge in [-0.15, -0.1) is 10.2 Å². The summed E-state index contributed by atoms with van der Waals surface area (Å²) in [6, 6.07) is 26.9. The van der Waals surface area contributed by atoms with Crippen molar-refractivity contribution in [3.05, 3.63) is 120 Å². The summed E-state index contributed by atoms with van der Waals surface area (Å²) in [7, 11) is -5.39. The first-order valence-corrected chi connectivity index (χ1v) is 24.1. The summed E-state index contributed by atoms with van der Waals surface area (Å²) in [5.74, 6) is 1.76. The maximum Gasteiger partial charge on any atom is 0.412 e. The number of sulfonamides is 2. The zero-order chi connectivity index (χ0) is 48.1. The molecule has 0 unspecified atom stereocenters. The minimum absolute atomic E-state index is 0.120. The number of aromatic nitrogens is 5. The molecule has 7 rings (SSSR count). The predicted molar refractivity (Wildman–Crippen MR) is 252 cm³/mol. The molecular weight excluding hydrogens is 901 g/mol. The Kier molecular flexibility index (Phi) is 14.1.